The van der Waals surface area contributed by atoms with E-state index in [0.717, 1.165) is 41.9 Å². The van der Waals surface area contributed by atoms with Gasteiger partial charge in [0.05, 0.1) is 17.7 Å². The van der Waals surface area contributed by atoms with E-state index in [0.29, 0.717) is 17.0 Å². The fourth-order valence-corrected chi connectivity index (χ4v) is 3.90. The highest BCUT2D eigenvalue weighted by Crippen LogP contribution is 2.36. The Morgan fingerprint density at radius 1 is 1.25 bits per heavy atom. The van der Waals surface area contributed by atoms with Crippen molar-refractivity contribution in [2.45, 2.75) is 25.9 Å². The number of anilines is 1. The van der Waals surface area contributed by atoms with E-state index >= 15 is 0 Å². The maximum atomic E-state index is 11.9. The van der Waals surface area contributed by atoms with Gasteiger partial charge in [-0.2, -0.15) is 0 Å². The number of nitrogens with one attached hydrogen (secondary N) is 2. The van der Waals surface area contributed by atoms with Crippen LogP contribution in [0.4, 0.5) is 10.5 Å². The molecule has 0 aliphatic carbocycles. The predicted molar refractivity (Wildman–Crippen MR) is 96.4 cm³/mol. The second-order valence-corrected chi connectivity index (χ2v) is 7.14. The van der Waals surface area contributed by atoms with E-state index in [4.69, 9.17) is 4.74 Å². The predicted octanol–water partition coefficient (Wildman–Crippen LogP) is 2.21. The lowest BCUT2D eigenvalue weighted by Crippen LogP contribution is -2.54. The molecule has 0 bridgehead atoms. The summed E-state index contributed by atoms with van der Waals surface area (Å²) in [7, 11) is 1.64. The highest BCUT2D eigenvalue weighted by atomic mass is 32.2. The number of imide groups is 1. The van der Waals surface area contributed by atoms with Gasteiger partial charge in [-0.3, -0.25) is 14.9 Å². The van der Waals surface area contributed by atoms with Gasteiger partial charge in [0, 0.05) is 30.7 Å². The summed E-state index contributed by atoms with van der Waals surface area (Å²) in [5.74, 6) is 0.418. The van der Waals surface area contributed by atoms with E-state index in [9.17, 15) is 9.59 Å². The van der Waals surface area contributed by atoms with Gasteiger partial charge in [0.25, 0.3) is 11.1 Å². The number of carbonyl (C=O) groups is 2. The van der Waals surface area contributed by atoms with Crippen LogP contribution in [0.2, 0.25) is 0 Å². The number of piperazine rings is 1. The first-order chi connectivity index (χ1) is 11.5. The number of rotatable bonds is 3. The zero-order chi connectivity index (χ0) is 17.3. The van der Waals surface area contributed by atoms with Crippen molar-refractivity contribution in [2.75, 3.05) is 25.1 Å². The van der Waals surface area contributed by atoms with Crippen molar-refractivity contribution in [3.05, 3.63) is 28.7 Å². The fraction of sp³-hybridized carbons (Fsp3) is 0.412. The third-order valence-electron chi connectivity index (χ3n) is 4.05. The van der Waals surface area contributed by atoms with Gasteiger partial charge < -0.3 is 15.0 Å². The second-order valence-electron chi connectivity index (χ2n) is 6.12. The quantitative estimate of drug-likeness (QED) is 0.817. The molecule has 0 spiro atoms. The Bertz CT molecular complexity index is 694. The maximum absolute atomic E-state index is 11.9. The summed E-state index contributed by atoms with van der Waals surface area (Å²) in [5, 5.41) is 5.47. The molecule has 6 nitrogen and oxygen atoms in total. The number of benzene rings is 1. The number of hydrogen-bond donors (Lipinski definition) is 2. The van der Waals surface area contributed by atoms with Crippen LogP contribution in [0.3, 0.4) is 0 Å². The van der Waals surface area contributed by atoms with E-state index in [1.807, 2.05) is 18.2 Å². The largest absolute Gasteiger partial charge is 0.495 e. The number of hydrogen-bond acceptors (Lipinski definition) is 6. The van der Waals surface area contributed by atoms with Crippen molar-refractivity contribution in [3.63, 3.8) is 0 Å². The molecule has 2 saturated heterocycles. The fourth-order valence-electron chi connectivity index (χ4n) is 3.23. The zero-order valence-corrected chi connectivity index (χ0v) is 14.8. The van der Waals surface area contributed by atoms with Gasteiger partial charge in [-0.1, -0.05) is 12.1 Å². The molecule has 2 aliphatic heterocycles. The summed E-state index contributed by atoms with van der Waals surface area (Å²) in [6.07, 6.45) is 1.76. The first kappa shape index (κ1) is 16.9. The smallest absolute Gasteiger partial charge is 0.290 e. The maximum Gasteiger partial charge on any atom is 0.290 e. The molecule has 24 heavy (non-hydrogen) atoms. The van der Waals surface area contributed by atoms with Gasteiger partial charge in [0.2, 0.25) is 0 Å². The van der Waals surface area contributed by atoms with Crippen LogP contribution in [-0.4, -0.2) is 43.4 Å². The summed E-state index contributed by atoms with van der Waals surface area (Å²) >= 11 is 0.928. The first-order valence-electron chi connectivity index (χ1n) is 7.90. The minimum Gasteiger partial charge on any atom is -0.495 e. The van der Waals surface area contributed by atoms with Crippen molar-refractivity contribution >= 4 is 34.7 Å². The van der Waals surface area contributed by atoms with Crippen LogP contribution in [0.1, 0.15) is 19.4 Å². The van der Waals surface area contributed by atoms with E-state index in [1.165, 1.54) is 0 Å². The monoisotopic (exact) mass is 347 g/mol. The van der Waals surface area contributed by atoms with Gasteiger partial charge in [0.1, 0.15) is 5.75 Å². The standard InChI is InChI=1S/C17H21N3O3S/c1-10-8-20(9-11(2)18-10)15-12(5-4-6-13(15)23-3)7-14-16(21)19-17(22)24-14/h4-7,10-11,18H,8-9H2,1-3H3,(H,19,21,22)/b14-7+/t10-,11+. The van der Waals surface area contributed by atoms with E-state index in [-0.39, 0.29) is 11.1 Å². The van der Waals surface area contributed by atoms with Crippen LogP contribution in [0.15, 0.2) is 23.1 Å². The first-order valence-corrected chi connectivity index (χ1v) is 8.72. The lowest BCUT2D eigenvalue weighted by Gasteiger charge is -2.39. The molecule has 7 heteroatoms. The molecule has 0 saturated carbocycles. The molecule has 3 rings (SSSR count). The van der Waals surface area contributed by atoms with E-state index in [1.54, 1.807) is 13.2 Å². The van der Waals surface area contributed by atoms with Crippen LogP contribution in [0.25, 0.3) is 6.08 Å². The Labute approximate surface area is 145 Å². The molecule has 2 N–H and O–H groups in total. The lowest BCUT2D eigenvalue weighted by atomic mass is 10.1. The average molecular weight is 347 g/mol. The Morgan fingerprint density at radius 3 is 2.54 bits per heavy atom. The Morgan fingerprint density at radius 2 is 1.96 bits per heavy atom. The number of nitrogens with zero attached hydrogens (tertiary/aromatic N) is 1. The molecule has 2 heterocycles. The Kier molecular flexibility index (Phi) is 4.82. The van der Waals surface area contributed by atoms with Gasteiger partial charge in [-0.25, -0.2) is 0 Å². The molecule has 0 radical (unpaired) electrons. The number of amides is 2. The highest BCUT2D eigenvalue weighted by molar-refractivity contribution is 8.18. The van der Waals surface area contributed by atoms with Gasteiger partial charge >= 0.3 is 0 Å². The van der Waals surface area contributed by atoms with Crippen molar-refractivity contribution in [3.8, 4) is 5.75 Å². The summed E-state index contributed by atoms with van der Waals surface area (Å²) in [5.41, 5.74) is 1.84. The molecule has 128 valence electrons. The minimum atomic E-state index is -0.346. The third-order valence-corrected chi connectivity index (χ3v) is 4.86. The molecular weight excluding hydrogens is 326 g/mol. The number of thioether (sulfide) groups is 1. The van der Waals surface area contributed by atoms with Crippen LogP contribution < -0.4 is 20.3 Å². The van der Waals surface area contributed by atoms with E-state index < -0.39 is 0 Å². The number of methoxy groups -OCH3 is 1. The zero-order valence-electron chi connectivity index (χ0n) is 14.0. The van der Waals surface area contributed by atoms with Gasteiger partial charge in [-0.15, -0.1) is 0 Å². The van der Waals surface area contributed by atoms with Crippen molar-refractivity contribution in [1.29, 1.82) is 0 Å². The van der Waals surface area contributed by atoms with Gasteiger partial charge in [0.15, 0.2) is 0 Å². The van der Waals surface area contributed by atoms with Crippen LogP contribution in [0.5, 0.6) is 5.75 Å². The summed E-state index contributed by atoms with van der Waals surface area (Å²) in [6.45, 7) is 5.99. The average Bonchev–Trinajstić information content (AvgIpc) is 2.83. The van der Waals surface area contributed by atoms with Crippen LogP contribution >= 0.6 is 11.8 Å². The van der Waals surface area contributed by atoms with Crippen molar-refractivity contribution in [2.24, 2.45) is 0 Å². The van der Waals surface area contributed by atoms with E-state index in [2.05, 4.69) is 29.4 Å². The molecule has 2 amide bonds. The molecule has 2 aliphatic rings. The van der Waals surface area contributed by atoms with Crippen molar-refractivity contribution in [1.82, 2.24) is 10.6 Å². The molecule has 2 fully saturated rings. The molecule has 2 atom stereocenters. The number of ether oxygens (including phenoxy) is 1. The highest BCUT2D eigenvalue weighted by Gasteiger charge is 2.28. The molecule has 0 unspecified atom stereocenters. The second kappa shape index (κ2) is 6.86. The summed E-state index contributed by atoms with van der Waals surface area (Å²) in [4.78, 5) is 25.9. The number of carbonyl (C=O) groups excluding carboxylic acids is 2. The normalized spacial score (nSPS) is 26.0. The van der Waals surface area contributed by atoms with Gasteiger partial charge in [-0.05, 0) is 37.8 Å². The Balaban J connectivity index is 2.02. The SMILES string of the molecule is COc1cccc(/C=C2/SC(=O)NC2=O)c1N1C[C@@H](C)N[C@@H](C)C1. The molecular formula is C17H21N3O3S. The molecule has 1 aromatic carbocycles. The molecule has 1 aromatic rings. The topological polar surface area (TPSA) is 70.7 Å². The van der Waals surface area contributed by atoms with Crippen LogP contribution in [-0.2, 0) is 4.79 Å². The molecule has 0 aromatic heterocycles. The van der Waals surface area contributed by atoms with Crippen molar-refractivity contribution < 1.29 is 14.3 Å². The van der Waals surface area contributed by atoms with Crippen LogP contribution in [0, 0.1) is 0 Å². The Hall–Kier alpha value is -1.99. The lowest BCUT2D eigenvalue weighted by molar-refractivity contribution is -0.115. The third kappa shape index (κ3) is 3.42. The number of para-hydroxylation sites is 1. The minimum absolute atomic E-state index is 0.333. The summed E-state index contributed by atoms with van der Waals surface area (Å²) in [6, 6.07) is 6.46. The summed E-state index contributed by atoms with van der Waals surface area (Å²) < 4.78 is 5.56.